The number of pyridine rings is 1. The molecule has 1 aromatic rings. The Kier molecular flexibility index (Phi) is 7.08. The molecule has 3 rings (SSSR count). The van der Waals surface area contributed by atoms with E-state index in [2.05, 4.69) is 32.0 Å². The van der Waals surface area contributed by atoms with E-state index in [1.54, 1.807) is 6.20 Å². The molecule has 0 aromatic carbocycles. The number of nitrogens with zero attached hydrogens (tertiary/aromatic N) is 4. The van der Waals surface area contributed by atoms with Crippen molar-refractivity contribution < 1.29 is 4.79 Å². The van der Waals surface area contributed by atoms with Gasteiger partial charge in [-0.3, -0.25) is 9.69 Å². The van der Waals surface area contributed by atoms with E-state index in [0.717, 1.165) is 50.4 Å². The second-order valence-electron chi connectivity index (χ2n) is 7.66. The number of guanidine groups is 1. The van der Waals surface area contributed by atoms with Gasteiger partial charge in [-0.05, 0) is 44.8 Å². The van der Waals surface area contributed by atoms with Crippen LogP contribution in [0.3, 0.4) is 0 Å². The standard InChI is InChI=1S/C20H33N7O/c1-2-26-10-4-6-17(26)14-25-20(22)24-13-16-5-3-9-23-19(16)27-11-7-15(8-12-27)18(21)28/h3,5,9,15,17H,2,4,6-8,10-14H2,1H3,(H2,21,28)(H3,22,24,25). The SMILES string of the molecule is CCN1CCCC1CNC(N)=NCc1cccnc1N1CCC(C(N)=O)CC1. The highest BCUT2D eigenvalue weighted by Gasteiger charge is 2.25. The Bertz CT molecular complexity index is 685. The minimum absolute atomic E-state index is 0.0282. The summed E-state index contributed by atoms with van der Waals surface area (Å²) in [6.07, 6.45) is 5.80. The molecular weight excluding hydrogens is 354 g/mol. The number of amides is 1. The molecule has 2 saturated heterocycles. The number of primary amides is 1. The molecule has 0 saturated carbocycles. The third-order valence-corrected chi connectivity index (χ3v) is 5.91. The summed E-state index contributed by atoms with van der Waals surface area (Å²) in [5.41, 5.74) is 12.6. The van der Waals surface area contributed by atoms with Crippen LogP contribution in [0.2, 0.25) is 0 Å². The van der Waals surface area contributed by atoms with Crippen LogP contribution in [-0.4, -0.2) is 60.5 Å². The number of aromatic nitrogens is 1. The zero-order chi connectivity index (χ0) is 19.9. The normalized spacial score (nSPS) is 21.8. The maximum atomic E-state index is 11.4. The highest BCUT2D eigenvalue weighted by atomic mass is 16.1. The first kappa shape index (κ1) is 20.4. The quantitative estimate of drug-likeness (QED) is 0.468. The number of hydrogen-bond acceptors (Lipinski definition) is 5. The fraction of sp³-hybridized carbons (Fsp3) is 0.650. The lowest BCUT2D eigenvalue weighted by atomic mass is 9.96. The summed E-state index contributed by atoms with van der Waals surface area (Å²) in [5.74, 6) is 1.17. The van der Waals surface area contributed by atoms with Gasteiger partial charge in [-0.15, -0.1) is 0 Å². The highest BCUT2D eigenvalue weighted by Crippen LogP contribution is 2.25. The average Bonchev–Trinajstić information content (AvgIpc) is 3.18. The van der Waals surface area contributed by atoms with Crippen LogP contribution < -0.4 is 21.7 Å². The molecule has 2 aliphatic heterocycles. The van der Waals surface area contributed by atoms with Crippen molar-refractivity contribution in [3.8, 4) is 0 Å². The molecule has 1 aromatic heterocycles. The first-order valence-electron chi connectivity index (χ1n) is 10.3. The maximum absolute atomic E-state index is 11.4. The molecule has 0 bridgehead atoms. The monoisotopic (exact) mass is 387 g/mol. The number of nitrogens with two attached hydrogens (primary N) is 2. The Morgan fingerprint density at radius 2 is 2.07 bits per heavy atom. The van der Waals surface area contributed by atoms with Crippen molar-refractivity contribution in [2.24, 2.45) is 22.4 Å². The Hall–Kier alpha value is -2.35. The molecule has 8 heteroatoms. The summed E-state index contributed by atoms with van der Waals surface area (Å²) < 4.78 is 0. The highest BCUT2D eigenvalue weighted by molar-refractivity contribution is 5.78. The van der Waals surface area contributed by atoms with Gasteiger partial charge in [0, 0.05) is 43.4 Å². The molecule has 0 aliphatic carbocycles. The molecule has 1 atom stereocenters. The van der Waals surface area contributed by atoms with Crippen LogP contribution in [0.1, 0.15) is 38.2 Å². The van der Waals surface area contributed by atoms with Gasteiger partial charge in [0.05, 0.1) is 6.54 Å². The number of anilines is 1. The Morgan fingerprint density at radius 1 is 1.29 bits per heavy atom. The van der Waals surface area contributed by atoms with Crippen LogP contribution in [-0.2, 0) is 11.3 Å². The summed E-state index contributed by atoms with van der Waals surface area (Å²) >= 11 is 0. The van der Waals surface area contributed by atoms with Crippen molar-refractivity contribution in [1.29, 1.82) is 0 Å². The van der Waals surface area contributed by atoms with Crippen molar-refractivity contribution in [3.05, 3.63) is 23.9 Å². The lowest BCUT2D eigenvalue weighted by Gasteiger charge is -2.32. The molecule has 2 aliphatic rings. The molecular formula is C20H33N7O. The summed E-state index contributed by atoms with van der Waals surface area (Å²) in [6.45, 7) is 7.34. The molecule has 0 spiro atoms. The van der Waals surface area contributed by atoms with E-state index in [9.17, 15) is 4.79 Å². The number of aliphatic imine (C=N–C) groups is 1. The van der Waals surface area contributed by atoms with Crippen LogP contribution in [0.15, 0.2) is 23.3 Å². The van der Waals surface area contributed by atoms with Gasteiger partial charge in [-0.2, -0.15) is 0 Å². The summed E-state index contributed by atoms with van der Waals surface area (Å²) in [5, 5.41) is 3.28. The largest absolute Gasteiger partial charge is 0.370 e. The second kappa shape index (κ2) is 9.73. The summed E-state index contributed by atoms with van der Waals surface area (Å²) in [7, 11) is 0. The van der Waals surface area contributed by atoms with Gasteiger partial charge in [-0.25, -0.2) is 9.98 Å². The van der Waals surface area contributed by atoms with E-state index in [1.807, 2.05) is 12.1 Å². The number of likely N-dealkylation sites (tertiary alicyclic amines) is 1. The lowest BCUT2D eigenvalue weighted by molar-refractivity contribution is -0.122. The lowest BCUT2D eigenvalue weighted by Crippen LogP contribution is -2.42. The summed E-state index contributed by atoms with van der Waals surface area (Å²) in [6, 6.07) is 4.50. The van der Waals surface area contributed by atoms with Crippen molar-refractivity contribution in [1.82, 2.24) is 15.2 Å². The summed E-state index contributed by atoms with van der Waals surface area (Å²) in [4.78, 5) is 25.2. The van der Waals surface area contributed by atoms with Crippen molar-refractivity contribution in [2.75, 3.05) is 37.6 Å². The molecule has 2 fully saturated rings. The first-order chi connectivity index (χ1) is 13.6. The smallest absolute Gasteiger partial charge is 0.220 e. The van der Waals surface area contributed by atoms with Crippen molar-refractivity contribution >= 4 is 17.7 Å². The van der Waals surface area contributed by atoms with Crippen LogP contribution in [0.4, 0.5) is 5.82 Å². The van der Waals surface area contributed by atoms with E-state index in [1.165, 1.54) is 19.4 Å². The predicted molar refractivity (Wildman–Crippen MR) is 112 cm³/mol. The van der Waals surface area contributed by atoms with E-state index in [4.69, 9.17) is 11.5 Å². The zero-order valence-corrected chi connectivity index (χ0v) is 16.8. The van der Waals surface area contributed by atoms with Crippen molar-refractivity contribution in [3.63, 3.8) is 0 Å². The fourth-order valence-electron chi connectivity index (χ4n) is 4.21. The second-order valence-corrected chi connectivity index (χ2v) is 7.66. The number of rotatable bonds is 7. The maximum Gasteiger partial charge on any atom is 0.220 e. The van der Waals surface area contributed by atoms with Gasteiger partial charge in [0.1, 0.15) is 5.82 Å². The number of piperidine rings is 1. The molecule has 5 N–H and O–H groups in total. The third kappa shape index (κ3) is 5.13. The van der Waals surface area contributed by atoms with E-state index in [0.29, 0.717) is 18.5 Å². The molecule has 28 heavy (non-hydrogen) atoms. The number of carbonyl (C=O) groups excluding carboxylic acids is 1. The number of hydrogen-bond donors (Lipinski definition) is 3. The van der Waals surface area contributed by atoms with Crippen LogP contribution >= 0.6 is 0 Å². The van der Waals surface area contributed by atoms with Crippen LogP contribution in [0.25, 0.3) is 0 Å². The van der Waals surface area contributed by atoms with Gasteiger partial charge in [0.2, 0.25) is 5.91 Å². The molecule has 1 unspecified atom stereocenters. The van der Waals surface area contributed by atoms with E-state index >= 15 is 0 Å². The Morgan fingerprint density at radius 3 is 2.79 bits per heavy atom. The molecule has 8 nitrogen and oxygen atoms in total. The van der Waals surface area contributed by atoms with Gasteiger partial charge in [0.25, 0.3) is 0 Å². The van der Waals surface area contributed by atoms with Gasteiger partial charge >= 0.3 is 0 Å². The van der Waals surface area contributed by atoms with Gasteiger partial charge in [-0.1, -0.05) is 13.0 Å². The van der Waals surface area contributed by atoms with Gasteiger partial charge < -0.3 is 21.7 Å². The fourth-order valence-corrected chi connectivity index (χ4v) is 4.21. The number of likely N-dealkylation sites (N-methyl/N-ethyl adjacent to an activating group) is 1. The third-order valence-electron chi connectivity index (χ3n) is 5.91. The Balaban J connectivity index is 1.56. The minimum atomic E-state index is -0.201. The molecule has 0 radical (unpaired) electrons. The van der Waals surface area contributed by atoms with E-state index < -0.39 is 0 Å². The topological polar surface area (TPSA) is 113 Å². The predicted octanol–water partition coefficient (Wildman–Crippen LogP) is 0.672. The van der Waals surface area contributed by atoms with Crippen LogP contribution in [0, 0.1) is 5.92 Å². The molecule has 3 heterocycles. The Labute approximate surface area is 167 Å². The molecule has 1 amide bonds. The van der Waals surface area contributed by atoms with Crippen LogP contribution in [0.5, 0.6) is 0 Å². The van der Waals surface area contributed by atoms with Crippen molar-refractivity contribution in [2.45, 2.75) is 45.2 Å². The minimum Gasteiger partial charge on any atom is -0.370 e. The van der Waals surface area contributed by atoms with E-state index in [-0.39, 0.29) is 11.8 Å². The molecule has 154 valence electrons. The zero-order valence-electron chi connectivity index (χ0n) is 16.8. The number of carbonyl (C=O) groups is 1. The first-order valence-corrected chi connectivity index (χ1v) is 10.3. The van der Waals surface area contributed by atoms with Gasteiger partial charge in [0.15, 0.2) is 5.96 Å². The number of nitrogens with one attached hydrogen (secondary N) is 1. The average molecular weight is 388 g/mol.